The number of nitrogens with zero attached hydrogens (tertiary/aromatic N) is 2. The van der Waals surface area contributed by atoms with Gasteiger partial charge < -0.3 is 10.3 Å². The van der Waals surface area contributed by atoms with Gasteiger partial charge in [-0.05, 0) is 38.8 Å². The van der Waals surface area contributed by atoms with Crippen LogP contribution in [0, 0.1) is 6.92 Å². The molecule has 0 saturated heterocycles. The van der Waals surface area contributed by atoms with Crippen molar-refractivity contribution in [3.05, 3.63) is 30.1 Å². The number of carbonyl (C=O) groups excluding carboxylic acids is 1. The SMILES string of the molecule is Cc1nc2ccccc2n1CC(C)(NC1CC1)C(N)=O. The third-order valence-electron chi connectivity index (χ3n) is 3.96. The number of nitrogens with two attached hydrogens (primary N) is 1. The van der Waals surface area contributed by atoms with Crippen LogP contribution in [0.3, 0.4) is 0 Å². The number of para-hydroxylation sites is 2. The van der Waals surface area contributed by atoms with Crippen LogP contribution in [0.25, 0.3) is 11.0 Å². The van der Waals surface area contributed by atoms with Crippen LogP contribution in [-0.4, -0.2) is 27.0 Å². The number of carbonyl (C=O) groups is 1. The highest BCUT2D eigenvalue weighted by Gasteiger charge is 2.37. The lowest BCUT2D eigenvalue weighted by Crippen LogP contribution is -2.56. The van der Waals surface area contributed by atoms with Crippen molar-refractivity contribution >= 4 is 16.9 Å². The molecule has 0 spiro atoms. The van der Waals surface area contributed by atoms with Gasteiger partial charge in [-0.1, -0.05) is 12.1 Å². The zero-order valence-corrected chi connectivity index (χ0v) is 11.9. The summed E-state index contributed by atoms with van der Waals surface area (Å²) in [6, 6.07) is 8.37. The second-order valence-corrected chi connectivity index (χ2v) is 5.85. The monoisotopic (exact) mass is 272 g/mol. The highest BCUT2D eigenvalue weighted by molar-refractivity contribution is 5.84. The molecule has 1 aromatic heterocycles. The van der Waals surface area contributed by atoms with E-state index in [0.717, 1.165) is 29.7 Å². The minimum atomic E-state index is -0.741. The number of hydrogen-bond donors (Lipinski definition) is 2. The molecule has 0 radical (unpaired) electrons. The Hall–Kier alpha value is -1.88. The average molecular weight is 272 g/mol. The van der Waals surface area contributed by atoms with Crippen LogP contribution in [0.5, 0.6) is 0 Å². The molecule has 0 bridgehead atoms. The predicted molar refractivity (Wildman–Crippen MR) is 78.2 cm³/mol. The molecular formula is C15H20N4O. The van der Waals surface area contributed by atoms with Crippen molar-refractivity contribution in [2.24, 2.45) is 5.73 Å². The summed E-state index contributed by atoms with van der Waals surface area (Å²) >= 11 is 0. The quantitative estimate of drug-likeness (QED) is 0.862. The summed E-state index contributed by atoms with van der Waals surface area (Å²) in [7, 11) is 0. The summed E-state index contributed by atoms with van der Waals surface area (Å²) < 4.78 is 2.06. The molecule has 1 amide bonds. The molecule has 20 heavy (non-hydrogen) atoms. The Balaban J connectivity index is 1.97. The van der Waals surface area contributed by atoms with Gasteiger partial charge in [0.15, 0.2) is 0 Å². The van der Waals surface area contributed by atoms with E-state index in [-0.39, 0.29) is 5.91 Å². The Morgan fingerprint density at radius 2 is 2.20 bits per heavy atom. The van der Waals surface area contributed by atoms with Gasteiger partial charge in [-0.25, -0.2) is 4.98 Å². The molecule has 1 unspecified atom stereocenters. The van der Waals surface area contributed by atoms with Gasteiger partial charge in [0, 0.05) is 6.04 Å². The maximum Gasteiger partial charge on any atom is 0.239 e. The fourth-order valence-corrected chi connectivity index (χ4v) is 2.58. The van der Waals surface area contributed by atoms with Crippen LogP contribution in [0.4, 0.5) is 0 Å². The predicted octanol–water partition coefficient (Wildman–Crippen LogP) is 1.34. The molecule has 1 aromatic carbocycles. The first-order valence-electron chi connectivity index (χ1n) is 6.99. The maximum atomic E-state index is 11.9. The lowest BCUT2D eigenvalue weighted by atomic mass is 10.0. The standard InChI is InChI=1S/C15H20N4O/c1-10-17-12-5-3-4-6-13(12)19(10)9-15(2,14(16)20)18-11-7-8-11/h3-6,11,18H,7-9H2,1-2H3,(H2,16,20). The number of primary amides is 1. The van der Waals surface area contributed by atoms with Gasteiger partial charge in [0.1, 0.15) is 11.4 Å². The van der Waals surface area contributed by atoms with Crippen LogP contribution in [0.2, 0.25) is 0 Å². The van der Waals surface area contributed by atoms with Crippen LogP contribution < -0.4 is 11.1 Å². The summed E-state index contributed by atoms with van der Waals surface area (Å²) in [6.45, 7) is 4.34. The first-order chi connectivity index (χ1) is 9.49. The fourth-order valence-electron chi connectivity index (χ4n) is 2.58. The molecule has 1 aliphatic rings. The van der Waals surface area contributed by atoms with E-state index < -0.39 is 5.54 Å². The zero-order valence-electron chi connectivity index (χ0n) is 11.9. The van der Waals surface area contributed by atoms with E-state index in [2.05, 4.69) is 14.9 Å². The van der Waals surface area contributed by atoms with Crippen LogP contribution in [0.15, 0.2) is 24.3 Å². The highest BCUT2D eigenvalue weighted by Crippen LogP contribution is 2.25. The molecule has 1 atom stereocenters. The third kappa shape index (κ3) is 2.29. The lowest BCUT2D eigenvalue weighted by Gasteiger charge is -2.28. The van der Waals surface area contributed by atoms with Gasteiger partial charge in [-0.2, -0.15) is 0 Å². The van der Waals surface area contributed by atoms with E-state index in [0.29, 0.717) is 12.6 Å². The van der Waals surface area contributed by atoms with E-state index in [1.54, 1.807) is 0 Å². The summed E-state index contributed by atoms with van der Waals surface area (Å²) in [5.41, 5.74) is 6.87. The summed E-state index contributed by atoms with van der Waals surface area (Å²) in [4.78, 5) is 16.4. The minimum absolute atomic E-state index is 0.318. The van der Waals surface area contributed by atoms with E-state index in [1.807, 2.05) is 38.1 Å². The highest BCUT2D eigenvalue weighted by atomic mass is 16.1. The molecule has 5 nitrogen and oxygen atoms in total. The lowest BCUT2D eigenvalue weighted by molar-refractivity contribution is -0.124. The Bertz CT molecular complexity index is 659. The molecule has 1 aliphatic carbocycles. The summed E-state index contributed by atoms with van der Waals surface area (Å²) in [6.07, 6.45) is 2.24. The van der Waals surface area contributed by atoms with E-state index in [1.165, 1.54) is 0 Å². The molecule has 3 rings (SSSR count). The number of imidazole rings is 1. The zero-order chi connectivity index (χ0) is 14.3. The molecule has 3 N–H and O–H groups in total. The number of aryl methyl sites for hydroxylation is 1. The van der Waals surface area contributed by atoms with Crippen molar-refractivity contribution in [1.29, 1.82) is 0 Å². The van der Waals surface area contributed by atoms with Gasteiger partial charge in [0.25, 0.3) is 0 Å². The van der Waals surface area contributed by atoms with Gasteiger partial charge in [0.2, 0.25) is 5.91 Å². The molecule has 106 valence electrons. The Labute approximate surface area is 118 Å². The molecule has 1 saturated carbocycles. The van der Waals surface area contributed by atoms with Crippen molar-refractivity contribution in [2.75, 3.05) is 0 Å². The third-order valence-corrected chi connectivity index (χ3v) is 3.96. The summed E-state index contributed by atoms with van der Waals surface area (Å²) in [5.74, 6) is 0.581. The molecule has 2 aromatic rings. The van der Waals surface area contributed by atoms with Gasteiger partial charge in [-0.3, -0.25) is 10.1 Å². The summed E-state index contributed by atoms with van der Waals surface area (Å²) in [5, 5.41) is 3.37. The number of fused-ring (bicyclic) bond motifs is 1. The smallest absolute Gasteiger partial charge is 0.239 e. The van der Waals surface area contributed by atoms with E-state index in [4.69, 9.17) is 5.73 Å². The van der Waals surface area contributed by atoms with Crippen molar-refractivity contribution in [2.45, 2.75) is 44.8 Å². The second-order valence-electron chi connectivity index (χ2n) is 5.85. The van der Waals surface area contributed by atoms with Crippen LogP contribution in [0.1, 0.15) is 25.6 Å². The first kappa shape index (κ1) is 13.1. The molecule has 0 aliphatic heterocycles. The number of nitrogens with one attached hydrogen (secondary N) is 1. The van der Waals surface area contributed by atoms with E-state index in [9.17, 15) is 4.79 Å². The normalized spacial score (nSPS) is 18.1. The van der Waals surface area contributed by atoms with Gasteiger partial charge in [0.05, 0.1) is 17.6 Å². The average Bonchev–Trinajstić information content (AvgIpc) is 3.15. The number of aromatic nitrogens is 2. The first-order valence-corrected chi connectivity index (χ1v) is 6.99. The number of benzene rings is 1. The Kier molecular flexibility index (Phi) is 3.01. The number of rotatable bonds is 5. The molecule has 5 heteroatoms. The Morgan fingerprint density at radius 1 is 1.50 bits per heavy atom. The topological polar surface area (TPSA) is 72.9 Å². The van der Waals surface area contributed by atoms with Crippen molar-refractivity contribution in [3.63, 3.8) is 0 Å². The second kappa shape index (κ2) is 4.59. The van der Waals surface area contributed by atoms with Crippen molar-refractivity contribution in [1.82, 2.24) is 14.9 Å². The van der Waals surface area contributed by atoms with Gasteiger partial charge >= 0.3 is 0 Å². The number of amides is 1. The van der Waals surface area contributed by atoms with Gasteiger partial charge in [-0.15, -0.1) is 0 Å². The minimum Gasteiger partial charge on any atom is -0.368 e. The largest absolute Gasteiger partial charge is 0.368 e. The van der Waals surface area contributed by atoms with Crippen molar-refractivity contribution < 1.29 is 4.79 Å². The fraction of sp³-hybridized carbons (Fsp3) is 0.467. The Morgan fingerprint density at radius 3 is 2.85 bits per heavy atom. The number of hydrogen-bond acceptors (Lipinski definition) is 3. The van der Waals surface area contributed by atoms with Crippen molar-refractivity contribution in [3.8, 4) is 0 Å². The molecule has 1 fully saturated rings. The molecule has 1 heterocycles. The van der Waals surface area contributed by atoms with Crippen LogP contribution in [-0.2, 0) is 11.3 Å². The molecular weight excluding hydrogens is 252 g/mol. The van der Waals surface area contributed by atoms with Crippen LogP contribution >= 0.6 is 0 Å². The van der Waals surface area contributed by atoms with E-state index >= 15 is 0 Å². The maximum absolute atomic E-state index is 11.9.